The van der Waals surface area contributed by atoms with Crippen molar-refractivity contribution in [3.63, 3.8) is 0 Å². The first-order valence-corrected chi connectivity index (χ1v) is 5.95. The molecule has 0 spiro atoms. The molecule has 0 saturated heterocycles. The minimum Gasteiger partial charge on any atom is -0.345 e. The summed E-state index contributed by atoms with van der Waals surface area (Å²) in [6, 6.07) is 5.13. The number of alkyl halides is 3. The van der Waals surface area contributed by atoms with Crippen molar-refractivity contribution in [1.82, 2.24) is 4.90 Å². The smallest absolute Gasteiger partial charge is 0.345 e. The second kappa shape index (κ2) is 8.11. The Morgan fingerprint density at radius 1 is 1.30 bits per heavy atom. The standard InChI is InChI=1S/C13H17F3N2O.ClH/c1-18(8-4-7-17)12(19)9-10-5-2-3-6-11(10)13(14,15)16;/h2-3,5-6H,4,7-9,17H2,1H3;1H. The Bertz CT molecular complexity index is 438. The average Bonchev–Trinajstić information content (AvgIpc) is 2.35. The first-order chi connectivity index (χ1) is 8.86. The Balaban J connectivity index is 0.00000361. The Labute approximate surface area is 122 Å². The molecule has 1 rings (SSSR count). The molecule has 2 N–H and O–H groups in total. The molecule has 0 bridgehead atoms. The van der Waals surface area contributed by atoms with Crippen LogP contribution in [0.15, 0.2) is 24.3 Å². The van der Waals surface area contributed by atoms with Crippen LogP contribution in [0.4, 0.5) is 13.2 Å². The van der Waals surface area contributed by atoms with Gasteiger partial charge in [0.05, 0.1) is 12.0 Å². The molecule has 0 heterocycles. The van der Waals surface area contributed by atoms with E-state index in [-0.39, 0.29) is 30.3 Å². The van der Waals surface area contributed by atoms with Gasteiger partial charge in [0.15, 0.2) is 0 Å². The summed E-state index contributed by atoms with van der Waals surface area (Å²) in [7, 11) is 1.56. The van der Waals surface area contributed by atoms with Crippen molar-refractivity contribution in [3.8, 4) is 0 Å². The number of rotatable bonds is 5. The number of benzene rings is 1. The predicted molar refractivity (Wildman–Crippen MR) is 73.7 cm³/mol. The minimum absolute atomic E-state index is 0. The Kier molecular flexibility index (Phi) is 7.60. The molecule has 1 amide bonds. The van der Waals surface area contributed by atoms with E-state index < -0.39 is 11.7 Å². The number of halogens is 4. The van der Waals surface area contributed by atoms with Crippen LogP contribution in [0.25, 0.3) is 0 Å². The third-order valence-electron chi connectivity index (χ3n) is 2.79. The molecule has 0 fully saturated rings. The molecule has 0 aliphatic rings. The molecule has 0 aromatic heterocycles. The highest BCUT2D eigenvalue weighted by Crippen LogP contribution is 2.32. The van der Waals surface area contributed by atoms with Gasteiger partial charge in [-0.1, -0.05) is 18.2 Å². The van der Waals surface area contributed by atoms with Crippen LogP contribution in [0.1, 0.15) is 17.5 Å². The lowest BCUT2D eigenvalue weighted by atomic mass is 10.0. The molecule has 0 aliphatic carbocycles. The lowest BCUT2D eigenvalue weighted by molar-refractivity contribution is -0.138. The zero-order valence-corrected chi connectivity index (χ0v) is 11.9. The van der Waals surface area contributed by atoms with Gasteiger partial charge >= 0.3 is 6.18 Å². The minimum atomic E-state index is -4.44. The van der Waals surface area contributed by atoms with Gasteiger partial charge < -0.3 is 10.6 Å². The first kappa shape index (κ1) is 18.7. The number of carbonyl (C=O) groups is 1. The Hall–Kier alpha value is -1.27. The van der Waals surface area contributed by atoms with E-state index in [0.717, 1.165) is 6.07 Å². The van der Waals surface area contributed by atoms with Gasteiger partial charge in [-0.3, -0.25) is 4.79 Å². The highest BCUT2D eigenvalue weighted by atomic mass is 35.5. The van der Waals surface area contributed by atoms with Crippen molar-refractivity contribution in [1.29, 1.82) is 0 Å². The van der Waals surface area contributed by atoms with Gasteiger partial charge in [0.1, 0.15) is 0 Å². The third-order valence-corrected chi connectivity index (χ3v) is 2.79. The van der Waals surface area contributed by atoms with Crippen molar-refractivity contribution < 1.29 is 18.0 Å². The summed E-state index contributed by atoms with van der Waals surface area (Å²) < 4.78 is 38.3. The Morgan fingerprint density at radius 3 is 2.45 bits per heavy atom. The first-order valence-electron chi connectivity index (χ1n) is 5.95. The normalized spacial score (nSPS) is 10.8. The van der Waals surface area contributed by atoms with Gasteiger partial charge in [0.2, 0.25) is 5.91 Å². The van der Waals surface area contributed by atoms with E-state index in [1.807, 2.05) is 0 Å². The number of hydrogen-bond acceptors (Lipinski definition) is 2. The Morgan fingerprint density at radius 2 is 1.90 bits per heavy atom. The summed E-state index contributed by atoms with van der Waals surface area (Å²) in [6.45, 7) is 0.889. The number of hydrogen-bond donors (Lipinski definition) is 1. The van der Waals surface area contributed by atoms with Gasteiger partial charge in [-0.05, 0) is 24.6 Å². The lowest BCUT2D eigenvalue weighted by Gasteiger charge is -2.18. The summed E-state index contributed by atoms with van der Waals surface area (Å²) >= 11 is 0. The van der Waals surface area contributed by atoms with Gasteiger partial charge in [0.25, 0.3) is 0 Å². The molecule has 0 unspecified atom stereocenters. The van der Waals surface area contributed by atoms with E-state index in [2.05, 4.69) is 0 Å². The van der Waals surface area contributed by atoms with Crippen molar-refractivity contribution in [3.05, 3.63) is 35.4 Å². The van der Waals surface area contributed by atoms with E-state index in [9.17, 15) is 18.0 Å². The van der Waals surface area contributed by atoms with Crippen LogP contribution in [-0.4, -0.2) is 30.9 Å². The SMILES string of the molecule is CN(CCCN)C(=O)Cc1ccccc1C(F)(F)F.Cl. The fraction of sp³-hybridized carbons (Fsp3) is 0.462. The van der Waals surface area contributed by atoms with Crippen molar-refractivity contribution in [2.75, 3.05) is 20.1 Å². The molecular formula is C13H18ClF3N2O. The summed E-state index contributed by atoms with van der Waals surface area (Å²) in [5, 5.41) is 0. The molecule has 114 valence electrons. The van der Waals surface area contributed by atoms with Crippen molar-refractivity contribution in [2.45, 2.75) is 19.0 Å². The van der Waals surface area contributed by atoms with Crippen molar-refractivity contribution >= 4 is 18.3 Å². The monoisotopic (exact) mass is 310 g/mol. The van der Waals surface area contributed by atoms with Crippen LogP contribution in [0, 0.1) is 0 Å². The molecule has 3 nitrogen and oxygen atoms in total. The van der Waals surface area contributed by atoms with E-state index in [1.54, 1.807) is 7.05 Å². The molecule has 0 atom stereocenters. The van der Waals surface area contributed by atoms with Gasteiger partial charge in [-0.25, -0.2) is 0 Å². The predicted octanol–water partition coefficient (Wildman–Crippen LogP) is 2.48. The van der Waals surface area contributed by atoms with Crippen molar-refractivity contribution in [2.24, 2.45) is 5.73 Å². The molecule has 1 aromatic rings. The van der Waals surface area contributed by atoms with Gasteiger partial charge in [-0.2, -0.15) is 13.2 Å². The van der Waals surface area contributed by atoms with Crippen LogP contribution in [0.3, 0.4) is 0 Å². The summed E-state index contributed by atoms with van der Waals surface area (Å²) in [5.74, 6) is -0.342. The third kappa shape index (κ3) is 5.38. The van der Waals surface area contributed by atoms with Gasteiger partial charge in [-0.15, -0.1) is 12.4 Å². The molecule has 0 radical (unpaired) electrons. The number of amides is 1. The zero-order chi connectivity index (χ0) is 14.5. The van der Waals surface area contributed by atoms with E-state index >= 15 is 0 Å². The second-order valence-corrected chi connectivity index (χ2v) is 4.29. The fourth-order valence-electron chi connectivity index (χ4n) is 1.70. The highest BCUT2D eigenvalue weighted by molar-refractivity contribution is 5.85. The summed E-state index contributed by atoms with van der Waals surface area (Å²) in [5.41, 5.74) is 4.57. The van der Waals surface area contributed by atoms with E-state index in [4.69, 9.17) is 5.73 Å². The molecule has 20 heavy (non-hydrogen) atoms. The molecule has 7 heteroatoms. The average molecular weight is 311 g/mol. The maximum atomic E-state index is 12.8. The van der Waals surface area contributed by atoms with Crippen LogP contribution < -0.4 is 5.73 Å². The topological polar surface area (TPSA) is 46.3 Å². The summed E-state index contributed by atoms with van der Waals surface area (Å²) in [4.78, 5) is 13.2. The lowest BCUT2D eigenvalue weighted by Crippen LogP contribution is -2.30. The number of likely N-dealkylation sites (N-methyl/N-ethyl adjacent to an activating group) is 1. The fourth-order valence-corrected chi connectivity index (χ4v) is 1.70. The van der Waals surface area contributed by atoms with Crippen LogP contribution in [0.5, 0.6) is 0 Å². The quantitative estimate of drug-likeness (QED) is 0.908. The maximum absolute atomic E-state index is 12.8. The highest BCUT2D eigenvalue weighted by Gasteiger charge is 2.33. The molecule has 0 saturated carbocycles. The van der Waals surface area contributed by atoms with Crippen LogP contribution >= 0.6 is 12.4 Å². The second-order valence-electron chi connectivity index (χ2n) is 4.29. The number of nitrogens with two attached hydrogens (primary N) is 1. The maximum Gasteiger partial charge on any atom is 0.416 e. The van der Waals surface area contributed by atoms with Gasteiger partial charge in [0, 0.05) is 13.6 Å². The molecule has 1 aromatic carbocycles. The molecule has 0 aliphatic heterocycles. The largest absolute Gasteiger partial charge is 0.416 e. The zero-order valence-electron chi connectivity index (χ0n) is 11.1. The van der Waals surface area contributed by atoms with Crippen LogP contribution in [0.2, 0.25) is 0 Å². The number of carbonyl (C=O) groups excluding carboxylic acids is 1. The van der Waals surface area contributed by atoms with E-state index in [0.29, 0.717) is 19.5 Å². The summed E-state index contributed by atoms with van der Waals surface area (Å²) in [6.07, 6.45) is -4.06. The van der Waals surface area contributed by atoms with Crippen LogP contribution in [-0.2, 0) is 17.4 Å². The number of nitrogens with zero attached hydrogens (tertiary/aromatic N) is 1. The molecular weight excluding hydrogens is 293 g/mol. The van der Waals surface area contributed by atoms with E-state index in [1.165, 1.54) is 23.1 Å².